The maximum absolute atomic E-state index is 12.5. The zero-order valence-corrected chi connectivity index (χ0v) is 13.2. The molecule has 0 bridgehead atoms. The Bertz CT molecular complexity index is 534. The minimum Gasteiger partial charge on any atom is -0.465 e. The van der Waals surface area contributed by atoms with Crippen LogP contribution in [0.25, 0.3) is 0 Å². The second-order valence-corrected chi connectivity index (χ2v) is 7.72. The molecule has 0 amide bonds. The van der Waals surface area contributed by atoms with Crippen LogP contribution >= 0.6 is 11.3 Å². The number of thiophene rings is 1. The quantitative estimate of drug-likeness (QED) is 0.754. The van der Waals surface area contributed by atoms with Gasteiger partial charge in [0.15, 0.2) is 0 Å². The van der Waals surface area contributed by atoms with Crippen LogP contribution in [0.2, 0.25) is 0 Å². The SMILES string of the molecule is CCOC(=O)CN(C(C)C)S(=O)(=O)c1ccc(C)s1. The number of esters is 1. The van der Waals surface area contributed by atoms with Crippen LogP contribution in [0.1, 0.15) is 25.6 Å². The molecule has 0 aliphatic carbocycles. The van der Waals surface area contributed by atoms with Crippen LogP contribution in [0.4, 0.5) is 0 Å². The van der Waals surface area contributed by atoms with Gasteiger partial charge < -0.3 is 4.74 Å². The number of rotatable bonds is 6. The average Bonchev–Trinajstić information content (AvgIpc) is 2.73. The van der Waals surface area contributed by atoms with Crippen molar-refractivity contribution in [1.29, 1.82) is 0 Å². The highest BCUT2D eigenvalue weighted by atomic mass is 32.2. The molecule has 0 radical (unpaired) electrons. The molecule has 19 heavy (non-hydrogen) atoms. The van der Waals surface area contributed by atoms with E-state index in [9.17, 15) is 13.2 Å². The van der Waals surface area contributed by atoms with Gasteiger partial charge in [0.2, 0.25) is 0 Å². The smallest absolute Gasteiger partial charge is 0.321 e. The van der Waals surface area contributed by atoms with Gasteiger partial charge in [-0.15, -0.1) is 11.3 Å². The summed E-state index contributed by atoms with van der Waals surface area (Å²) in [6.45, 7) is 6.98. The van der Waals surface area contributed by atoms with E-state index in [0.717, 1.165) is 9.18 Å². The number of sulfonamides is 1. The van der Waals surface area contributed by atoms with Gasteiger partial charge in [0, 0.05) is 10.9 Å². The predicted octanol–water partition coefficient (Wildman–Crippen LogP) is 2.02. The molecular formula is C12H19NO4S2. The Hall–Kier alpha value is -0.920. The second-order valence-electron chi connectivity index (χ2n) is 4.31. The van der Waals surface area contributed by atoms with Crippen LogP contribution < -0.4 is 0 Å². The molecule has 7 heteroatoms. The predicted molar refractivity (Wildman–Crippen MR) is 74.7 cm³/mol. The van der Waals surface area contributed by atoms with Crippen molar-refractivity contribution in [3.63, 3.8) is 0 Å². The third kappa shape index (κ3) is 4.02. The molecule has 5 nitrogen and oxygen atoms in total. The number of ether oxygens (including phenoxy) is 1. The van der Waals surface area contributed by atoms with Crippen molar-refractivity contribution >= 4 is 27.3 Å². The van der Waals surface area contributed by atoms with E-state index in [0.29, 0.717) is 0 Å². The molecule has 108 valence electrons. The fourth-order valence-corrected chi connectivity index (χ4v) is 4.54. The number of carbonyl (C=O) groups excluding carboxylic acids is 1. The lowest BCUT2D eigenvalue weighted by molar-refractivity contribution is -0.143. The minimum atomic E-state index is -3.64. The monoisotopic (exact) mass is 305 g/mol. The Morgan fingerprint density at radius 3 is 2.47 bits per heavy atom. The van der Waals surface area contributed by atoms with Crippen molar-refractivity contribution in [2.45, 2.75) is 37.9 Å². The largest absolute Gasteiger partial charge is 0.465 e. The molecule has 0 aromatic carbocycles. The normalized spacial score (nSPS) is 12.1. The van der Waals surface area contributed by atoms with Gasteiger partial charge in [0.05, 0.1) is 6.61 Å². The fourth-order valence-electron chi connectivity index (χ4n) is 1.55. The Labute approximate surface area is 118 Å². The highest BCUT2D eigenvalue weighted by molar-refractivity contribution is 7.91. The molecule has 0 N–H and O–H groups in total. The molecule has 0 unspecified atom stereocenters. The Kier molecular flexibility index (Phi) is 5.51. The molecule has 0 saturated heterocycles. The van der Waals surface area contributed by atoms with E-state index >= 15 is 0 Å². The first-order valence-corrected chi connectivity index (χ1v) is 8.28. The molecule has 0 fully saturated rings. The van der Waals surface area contributed by atoms with Gasteiger partial charge in [0.1, 0.15) is 10.8 Å². The summed E-state index contributed by atoms with van der Waals surface area (Å²) in [6.07, 6.45) is 0. The average molecular weight is 305 g/mol. The summed E-state index contributed by atoms with van der Waals surface area (Å²) in [5.74, 6) is -0.534. The first-order chi connectivity index (χ1) is 8.78. The maximum Gasteiger partial charge on any atom is 0.321 e. The molecule has 1 heterocycles. The Morgan fingerprint density at radius 1 is 1.42 bits per heavy atom. The summed E-state index contributed by atoms with van der Waals surface area (Å²) in [6, 6.07) is 3.01. The van der Waals surface area contributed by atoms with Crippen LogP contribution in [0.15, 0.2) is 16.3 Å². The van der Waals surface area contributed by atoms with Crippen molar-refractivity contribution in [3.8, 4) is 0 Å². The van der Waals surface area contributed by atoms with Gasteiger partial charge in [0.25, 0.3) is 10.0 Å². The zero-order valence-electron chi connectivity index (χ0n) is 11.5. The molecule has 1 rings (SSSR count). The van der Waals surface area contributed by atoms with E-state index in [1.165, 1.54) is 11.3 Å². The third-order valence-electron chi connectivity index (χ3n) is 2.44. The fraction of sp³-hybridized carbons (Fsp3) is 0.583. The molecule has 0 aliphatic rings. The van der Waals surface area contributed by atoms with Gasteiger partial charge in [-0.05, 0) is 39.8 Å². The van der Waals surface area contributed by atoms with Crippen LogP contribution in [-0.4, -0.2) is 37.9 Å². The summed E-state index contributed by atoms with van der Waals surface area (Å²) < 4.78 is 31.1. The number of nitrogens with zero attached hydrogens (tertiary/aromatic N) is 1. The lowest BCUT2D eigenvalue weighted by Gasteiger charge is -2.24. The number of hydrogen-bond donors (Lipinski definition) is 0. The Balaban J connectivity index is 3.02. The Morgan fingerprint density at radius 2 is 2.05 bits per heavy atom. The summed E-state index contributed by atoms with van der Waals surface area (Å²) in [4.78, 5) is 12.4. The maximum atomic E-state index is 12.5. The number of aryl methyl sites for hydroxylation is 1. The van der Waals surface area contributed by atoms with Crippen molar-refractivity contribution in [3.05, 3.63) is 17.0 Å². The number of hydrogen-bond acceptors (Lipinski definition) is 5. The van der Waals surface area contributed by atoms with Crippen LogP contribution in [0.3, 0.4) is 0 Å². The third-order valence-corrected chi connectivity index (χ3v) is 5.93. The standard InChI is InChI=1S/C12H19NO4S2/c1-5-17-11(14)8-13(9(2)3)19(15,16)12-7-6-10(4)18-12/h6-7,9H,5,8H2,1-4H3. The highest BCUT2D eigenvalue weighted by Gasteiger charge is 2.30. The van der Waals surface area contributed by atoms with Gasteiger partial charge in [-0.3, -0.25) is 4.79 Å². The molecular weight excluding hydrogens is 286 g/mol. The summed E-state index contributed by atoms with van der Waals surface area (Å²) in [7, 11) is -3.64. The van der Waals surface area contributed by atoms with Gasteiger partial charge >= 0.3 is 5.97 Å². The van der Waals surface area contributed by atoms with Gasteiger partial charge in [-0.2, -0.15) is 4.31 Å². The van der Waals surface area contributed by atoms with Crippen molar-refractivity contribution in [2.24, 2.45) is 0 Å². The molecule has 1 aromatic heterocycles. The molecule has 0 saturated carbocycles. The number of carbonyl (C=O) groups is 1. The van der Waals surface area contributed by atoms with Gasteiger partial charge in [-0.25, -0.2) is 8.42 Å². The topological polar surface area (TPSA) is 63.7 Å². The van der Waals surface area contributed by atoms with Crippen molar-refractivity contribution in [2.75, 3.05) is 13.2 Å². The van der Waals surface area contributed by atoms with Crippen LogP contribution in [0.5, 0.6) is 0 Å². The van der Waals surface area contributed by atoms with Crippen LogP contribution in [0, 0.1) is 6.92 Å². The molecule has 0 atom stereocenters. The summed E-state index contributed by atoms with van der Waals surface area (Å²) in [5, 5.41) is 0. The zero-order chi connectivity index (χ0) is 14.6. The van der Waals surface area contributed by atoms with E-state index in [1.54, 1.807) is 32.9 Å². The second kappa shape index (κ2) is 6.49. The molecule has 0 spiro atoms. The van der Waals surface area contributed by atoms with E-state index in [-0.39, 0.29) is 23.4 Å². The van der Waals surface area contributed by atoms with Crippen molar-refractivity contribution in [1.82, 2.24) is 4.31 Å². The van der Waals surface area contributed by atoms with Gasteiger partial charge in [-0.1, -0.05) is 0 Å². The molecule has 1 aromatic rings. The molecule has 0 aliphatic heterocycles. The first kappa shape index (κ1) is 16.1. The minimum absolute atomic E-state index is 0.239. The van der Waals surface area contributed by atoms with E-state index in [2.05, 4.69) is 0 Å². The lowest BCUT2D eigenvalue weighted by atomic mass is 10.4. The van der Waals surface area contributed by atoms with E-state index in [1.807, 2.05) is 6.92 Å². The first-order valence-electron chi connectivity index (χ1n) is 6.03. The summed E-state index contributed by atoms with van der Waals surface area (Å²) >= 11 is 1.20. The van der Waals surface area contributed by atoms with E-state index in [4.69, 9.17) is 4.74 Å². The van der Waals surface area contributed by atoms with Crippen molar-refractivity contribution < 1.29 is 17.9 Å². The van der Waals surface area contributed by atoms with E-state index < -0.39 is 16.0 Å². The van der Waals surface area contributed by atoms with Crippen LogP contribution in [-0.2, 0) is 19.6 Å². The lowest BCUT2D eigenvalue weighted by Crippen LogP contribution is -2.40. The highest BCUT2D eigenvalue weighted by Crippen LogP contribution is 2.25. The summed E-state index contributed by atoms with van der Waals surface area (Å²) in [5.41, 5.74) is 0.